The number of pyridine rings is 1. The number of carbonyl (C=O) groups is 1. The summed E-state index contributed by atoms with van der Waals surface area (Å²) in [6.07, 6.45) is 9.68. The topological polar surface area (TPSA) is 64.2 Å². The third-order valence-electron chi connectivity index (χ3n) is 5.48. The van der Waals surface area contributed by atoms with Crippen molar-refractivity contribution in [3.63, 3.8) is 0 Å². The number of nitrogens with one attached hydrogen (secondary N) is 1. The van der Waals surface area contributed by atoms with Gasteiger partial charge in [-0.25, -0.2) is 9.97 Å². The third-order valence-corrected chi connectivity index (χ3v) is 6.45. The van der Waals surface area contributed by atoms with Gasteiger partial charge in [0.25, 0.3) is 0 Å². The molecule has 0 fully saturated rings. The molecule has 4 heterocycles. The number of aryl methyl sites for hydroxylation is 3. The third kappa shape index (κ3) is 4.51. The van der Waals surface area contributed by atoms with E-state index < -0.39 is 0 Å². The summed E-state index contributed by atoms with van der Waals surface area (Å²) in [4.78, 5) is 21.8. The van der Waals surface area contributed by atoms with Gasteiger partial charge in [0.15, 0.2) is 0 Å². The monoisotopic (exact) mass is 431 g/mol. The van der Waals surface area contributed by atoms with Crippen molar-refractivity contribution in [3.8, 4) is 11.3 Å². The summed E-state index contributed by atoms with van der Waals surface area (Å²) in [6, 6.07) is 12.0. The van der Waals surface area contributed by atoms with E-state index in [0.717, 1.165) is 47.1 Å². The van der Waals surface area contributed by atoms with Crippen LogP contribution in [-0.4, -0.2) is 30.6 Å². The highest BCUT2D eigenvalue weighted by molar-refractivity contribution is 7.99. The zero-order valence-electron chi connectivity index (χ0n) is 17.5. The van der Waals surface area contributed by atoms with Gasteiger partial charge < -0.3 is 14.3 Å². The first kappa shape index (κ1) is 19.9. The molecule has 1 aliphatic heterocycles. The molecule has 0 spiro atoms. The SMILES string of the molecule is Cc1ccc2nc(CSCC(=O)Nc3cccc(-c4cn5c(n4)CCCC5)c3)cn2c1. The number of imidazole rings is 2. The van der Waals surface area contributed by atoms with Crippen LogP contribution in [0.4, 0.5) is 5.69 Å². The molecule has 158 valence electrons. The molecule has 5 rings (SSSR count). The molecule has 0 radical (unpaired) electrons. The van der Waals surface area contributed by atoms with Crippen molar-refractivity contribution >= 4 is 29.0 Å². The Hall–Kier alpha value is -3.06. The van der Waals surface area contributed by atoms with Gasteiger partial charge in [-0.3, -0.25) is 4.79 Å². The van der Waals surface area contributed by atoms with Crippen LogP contribution in [0.25, 0.3) is 16.9 Å². The first-order chi connectivity index (χ1) is 15.1. The number of nitrogens with zero attached hydrogens (tertiary/aromatic N) is 4. The molecule has 0 saturated heterocycles. The summed E-state index contributed by atoms with van der Waals surface area (Å²) in [6.45, 7) is 3.11. The summed E-state index contributed by atoms with van der Waals surface area (Å²) in [5, 5.41) is 3.01. The van der Waals surface area contributed by atoms with Crippen LogP contribution < -0.4 is 5.32 Å². The van der Waals surface area contributed by atoms with Crippen molar-refractivity contribution in [1.82, 2.24) is 18.9 Å². The molecular formula is C24H25N5OS. The lowest BCUT2D eigenvalue weighted by Crippen LogP contribution is -2.14. The molecule has 1 aromatic carbocycles. The molecule has 1 aliphatic rings. The molecule has 3 aromatic heterocycles. The van der Waals surface area contributed by atoms with E-state index in [0.29, 0.717) is 11.5 Å². The van der Waals surface area contributed by atoms with E-state index in [1.165, 1.54) is 18.4 Å². The summed E-state index contributed by atoms with van der Waals surface area (Å²) in [5.74, 6) is 2.24. The molecule has 0 bridgehead atoms. The summed E-state index contributed by atoms with van der Waals surface area (Å²) >= 11 is 1.57. The summed E-state index contributed by atoms with van der Waals surface area (Å²) in [7, 11) is 0. The van der Waals surface area contributed by atoms with Crippen LogP contribution in [-0.2, 0) is 23.5 Å². The number of benzene rings is 1. The maximum absolute atomic E-state index is 12.4. The fraction of sp³-hybridized carbons (Fsp3) is 0.292. The second-order valence-corrected chi connectivity index (χ2v) is 9.00. The van der Waals surface area contributed by atoms with Crippen molar-refractivity contribution in [2.75, 3.05) is 11.1 Å². The van der Waals surface area contributed by atoms with Crippen molar-refractivity contribution in [1.29, 1.82) is 0 Å². The van der Waals surface area contributed by atoms with Gasteiger partial charge in [0.05, 0.1) is 17.1 Å². The fourth-order valence-corrected chi connectivity index (χ4v) is 4.69. The number of rotatable bonds is 6. The van der Waals surface area contributed by atoms with Crippen molar-refractivity contribution in [2.24, 2.45) is 0 Å². The minimum absolute atomic E-state index is 0.00843. The Morgan fingerprint density at radius 1 is 1.13 bits per heavy atom. The molecule has 1 N–H and O–H groups in total. The van der Waals surface area contributed by atoms with Crippen LogP contribution in [0.15, 0.2) is 55.0 Å². The smallest absolute Gasteiger partial charge is 0.234 e. The van der Waals surface area contributed by atoms with Crippen molar-refractivity contribution in [2.45, 2.75) is 38.5 Å². The number of hydrogen-bond acceptors (Lipinski definition) is 4. The van der Waals surface area contributed by atoms with Crippen LogP contribution >= 0.6 is 11.8 Å². The Kier molecular flexibility index (Phi) is 5.51. The molecule has 0 aliphatic carbocycles. The average molecular weight is 432 g/mol. The molecular weight excluding hydrogens is 406 g/mol. The van der Waals surface area contributed by atoms with Gasteiger partial charge in [-0.15, -0.1) is 11.8 Å². The summed E-state index contributed by atoms with van der Waals surface area (Å²) in [5.41, 5.74) is 5.92. The predicted molar refractivity (Wildman–Crippen MR) is 125 cm³/mol. The maximum atomic E-state index is 12.4. The van der Waals surface area contributed by atoms with Crippen LogP contribution in [0.5, 0.6) is 0 Å². The predicted octanol–water partition coefficient (Wildman–Crippen LogP) is 4.71. The van der Waals surface area contributed by atoms with E-state index in [9.17, 15) is 4.79 Å². The average Bonchev–Trinajstić information content (AvgIpc) is 3.37. The van der Waals surface area contributed by atoms with Gasteiger partial charge >= 0.3 is 0 Å². The highest BCUT2D eigenvalue weighted by Gasteiger charge is 2.14. The first-order valence-electron chi connectivity index (χ1n) is 10.6. The van der Waals surface area contributed by atoms with Crippen LogP contribution in [0.3, 0.4) is 0 Å². The van der Waals surface area contributed by atoms with Gasteiger partial charge in [-0.05, 0) is 43.5 Å². The number of amides is 1. The van der Waals surface area contributed by atoms with Gasteiger partial charge in [0, 0.05) is 48.6 Å². The van der Waals surface area contributed by atoms with E-state index in [2.05, 4.69) is 40.3 Å². The number of aromatic nitrogens is 4. The Morgan fingerprint density at radius 2 is 2.06 bits per heavy atom. The fourth-order valence-electron chi connectivity index (χ4n) is 3.98. The zero-order chi connectivity index (χ0) is 21.2. The van der Waals surface area contributed by atoms with Gasteiger partial charge in [-0.1, -0.05) is 18.2 Å². The Morgan fingerprint density at radius 3 is 2.97 bits per heavy atom. The van der Waals surface area contributed by atoms with Crippen LogP contribution in [0, 0.1) is 6.92 Å². The normalized spacial score (nSPS) is 13.3. The highest BCUT2D eigenvalue weighted by Crippen LogP contribution is 2.25. The van der Waals surface area contributed by atoms with E-state index in [1.54, 1.807) is 11.8 Å². The van der Waals surface area contributed by atoms with Gasteiger partial charge in [0.2, 0.25) is 5.91 Å². The number of carbonyl (C=O) groups excluding carboxylic acids is 1. The number of thioether (sulfide) groups is 1. The zero-order valence-corrected chi connectivity index (χ0v) is 18.4. The molecule has 4 aromatic rings. The van der Waals surface area contributed by atoms with Gasteiger partial charge in [-0.2, -0.15) is 0 Å². The first-order valence-corrected chi connectivity index (χ1v) is 11.8. The Bertz CT molecular complexity index is 1220. The number of fused-ring (bicyclic) bond motifs is 2. The molecule has 0 unspecified atom stereocenters. The van der Waals surface area contributed by atoms with E-state index in [1.807, 2.05) is 40.9 Å². The lowest BCUT2D eigenvalue weighted by Gasteiger charge is -2.11. The Balaban J connectivity index is 1.18. The summed E-state index contributed by atoms with van der Waals surface area (Å²) < 4.78 is 4.28. The Labute approximate surface area is 185 Å². The number of anilines is 1. The number of hydrogen-bond donors (Lipinski definition) is 1. The minimum atomic E-state index is -0.00843. The molecule has 0 saturated carbocycles. The lowest BCUT2D eigenvalue weighted by molar-refractivity contribution is -0.113. The minimum Gasteiger partial charge on any atom is -0.334 e. The molecule has 31 heavy (non-hydrogen) atoms. The van der Waals surface area contributed by atoms with E-state index in [4.69, 9.17) is 4.98 Å². The molecule has 7 heteroatoms. The van der Waals surface area contributed by atoms with E-state index in [-0.39, 0.29) is 5.91 Å². The quantitative estimate of drug-likeness (QED) is 0.480. The van der Waals surface area contributed by atoms with Crippen LogP contribution in [0.2, 0.25) is 0 Å². The second-order valence-electron chi connectivity index (χ2n) is 8.02. The van der Waals surface area contributed by atoms with Crippen LogP contribution in [0.1, 0.15) is 29.9 Å². The van der Waals surface area contributed by atoms with Crippen molar-refractivity contribution < 1.29 is 4.79 Å². The van der Waals surface area contributed by atoms with E-state index >= 15 is 0 Å². The molecule has 0 atom stereocenters. The molecule has 1 amide bonds. The van der Waals surface area contributed by atoms with Crippen molar-refractivity contribution in [3.05, 3.63) is 72.1 Å². The highest BCUT2D eigenvalue weighted by atomic mass is 32.2. The lowest BCUT2D eigenvalue weighted by atomic mass is 10.1. The standard InChI is InChI=1S/C24H25N5OS/c1-17-8-9-23-25-20(13-29(23)12-17)15-31-16-24(30)26-19-6-4-5-18(11-19)21-14-28-10-3-2-7-22(28)27-21/h4-6,8-9,11-14H,2-3,7,10,15-16H2,1H3,(H,26,30). The van der Waals surface area contributed by atoms with Gasteiger partial charge in [0.1, 0.15) is 11.5 Å². The largest absolute Gasteiger partial charge is 0.334 e. The second kappa shape index (κ2) is 8.59. The maximum Gasteiger partial charge on any atom is 0.234 e. The molecule has 6 nitrogen and oxygen atoms in total.